The molecule has 1 aromatic heterocycles. The van der Waals surface area contributed by atoms with Crippen LogP contribution in [0.3, 0.4) is 0 Å². The molecule has 0 saturated carbocycles. The SMILES string of the molecule is Cc1cn(-c2ccccc2)nc1OC(C)C(=O)NCCCc1ccccc1F. The number of hydrogen-bond donors (Lipinski definition) is 1. The molecule has 0 fully saturated rings. The van der Waals surface area contributed by atoms with Crippen LogP contribution >= 0.6 is 0 Å². The van der Waals surface area contributed by atoms with E-state index in [0.717, 1.165) is 11.3 Å². The number of amides is 1. The monoisotopic (exact) mass is 381 g/mol. The highest BCUT2D eigenvalue weighted by Crippen LogP contribution is 2.19. The average molecular weight is 381 g/mol. The summed E-state index contributed by atoms with van der Waals surface area (Å²) in [7, 11) is 0. The lowest BCUT2D eigenvalue weighted by Gasteiger charge is -2.13. The molecule has 1 N–H and O–H groups in total. The molecule has 3 aromatic rings. The Morgan fingerprint density at radius 1 is 1.18 bits per heavy atom. The fraction of sp³-hybridized carbons (Fsp3) is 0.273. The largest absolute Gasteiger partial charge is 0.463 e. The molecular formula is C22H24FN3O2. The predicted octanol–water partition coefficient (Wildman–Crippen LogP) is 3.84. The van der Waals surface area contributed by atoms with E-state index in [4.69, 9.17) is 4.74 Å². The van der Waals surface area contributed by atoms with E-state index in [9.17, 15) is 9.18 Å². The number of benzene rings is 2. The van der Waals surface area contributed by atoms with Crippen LogP contribution in [0, 0.1) is 12.7 Å². The van der Waals surface area contributed by atoms with Crippen LogP contribution in [-0.2, 0) is 11.2 Å². The molecule has 2 aromatic carbocycles. The molecule has 1 amide bonds. The van der Waals surface area contributed by atoms with Crippen molar-refractivity contribution in [2.24, 2.45) is 0 Å². The summed E-state index contributed by atoms with van der Waals surface area (Å²) < 4.78 is 21.1. The number of aromatic nitrogens is 2. The summed E-state index contributed by atoms with van der Waals surface area (Å²) in [5, 5.41) is 7.25. The zero-order chi connectivity index (χ0) is 19.9. The van der Waals surface area contributed by atoms with Crippen LogP contribution in [0.1, 0.15) is 24.5 Å². The lowest BCUT2D eigenvalue weighted by molar-refractivity contribution is -0.127. The smallest absolute Gasteiger partial charge is 0.260 e. The van der Waals surface area contributed by atoms with E-state index in [-0.39, 0.29) is 11.7 Å². The van der Waals surface area contributed by atoms with E-state index in [0.29, 0.717) is 30.8 Å². The molecule has 0 aliphatic heterocycles. The van der Waals surface area contributed by atoms with Gasteiger partial charge in [0.25, 0.3) is 5.91 Å². The summed E-state index contributed by atoms with van der Waals surface area (Å²) >= 11 is 0. The second kappa shape index (κ2) is 9.17. The molecule has 1 heterocycles. The molecule has 0 saturated heterocycles. The third kappa shape index (κ3) is 4.97. The topological polar surface area (TPSA) is 56.2 Å². The Morgan fingerprint density at radius 3 is 2.64 bits per heavy atom. The number of aryl methyl sites for hydroxylation is 2. The van der Waals surface area contributed by atoms with Crippen molar-refractivity contribution in [3.63, 3.8) is 0 Å². The number of ether oxygens (including phenoxy) is 1. The Kier molecular flexibility index (Phi) is 6.42. The predicted molar refractivity (Wildman–Crippen MR) is 106 cm³/mol. The Balaban J connectivity index is 1.49. The Morgan fingerprint density at radius 2 is 1.89 bits per heavy atom. The van der Waals surface area contributed by atoms with Crippen LogP contribution in [0.4, 0.5) is 4.39 Å². The number of hydrogen-bond acceptors (Lipinski definition) is 3. The number of rotatable bonds is 8. The van der Waals surface area contributed by atoms with E-state index in [2.05, 4.69) is 10.4 Å². The standard InChI is InChI=1S/C22H24FN3O2/c1-16-15-26(19-11-4-3-5-12-19)25-22(16)28-17(2)21(27)24-14-8-10-18-9-6-7-13-20(18)23/h3-7,9,11-13,15,17H,8,10,14H2,1-2H3,(H,24,27). The first-order valence-electron chi connectivity index (χ1n) is 9.34. The molecule has 0 radical (unpaired) electrons. The minimum absolute atomic E-state index is 0.213. The van der Waals surface area contributed by atoms with Crippen LogP contribution in [0.5, 0.6) is 5.88 Å². The molecule has 0 bridgehead atoms. The number of para-hydroxylation sites is 1. The van der Waals surface area contributed by atoms with Gasteiger partial charge in [0.15, 0.2) is 6.10 Å². The number of nitrogens with one attached hydrogen (secondary N) is 1. The van der Waals surface area contributed by atoms with Gasteiger partial charge in [0.1, 0.15) is 5.82 Å². The van der Waals surface area contributed by atoms with Gasteiger partial charge in [0.2, 0.25) is 5.88 Å². The minimum atomic E-state index is -0.675. The van der Waals surface area contributed by atoms with Crippen molar-refractivity contribution in [2.75, 3.05) is 6.54 Å². The summed E-state index contributed by atoms with van der Waals surface area (Å²) in [6, 6.07) is 16.4. The van der Waals surface area contributed by atoms with Gasteiger partial charge in [0.05, 0.1) is 5.69 Å². The number of carbonyl (C=O) groups excluding carboxylic acids is 1. The lowest BCUT2D eigenvalue weighted by atomic mass is 10.1. The van der Waals surface area contributed by atoms with Crippen molar-refractivity contribution in [1.82, 2.24) is 15.1 Å². The molecule has 0 aliphatic rings. The molecule has 28 heavy (non-hydrogen) atoms. The van der Waals surface area contributed by atoms with Gasteiger partial charge >= 0.3 is 0 Å². The maximum Gasteiger partial charge on any atom is 0.260 e. The van der Waals surface area contributed by atoms with Crippen LogP contribution in [0.25, 0.3) is 5.69 Å². The molecule has 5 nitrogen and oxygen atoms in total. The first-order valence-corrected chi connectivity index (χ1v) is 9.34. The van der Waals surface area contributed by atoms with Crippen molar-refractivity contribution in [1.29, 1.82) is 0 Å². The van der Waals surface area contributed by atoms with Crippen LogP contribution in [-0.4, -0.2) is 28.3 Å². The quantitative estimate of drug-likeness (QED) is 0.603. The zero-order valence-corrected chi connectivity index (χ0v) is 16.1. The van der Waals surface area contributed by atoms with Crippen LogP contribution in [0.2, 0.25) is 0 Å². The first kappa shape index (κ1) is 19.6. The highest BCUT2D eigenvalue weighted by molar-refractivity contribution is 5.80. The summed E-state index contributed by atoms with van der Waals surface area (Å²) in [5.74, 6) is -0.00457. The summed E-state index contributed by atoms with van der Waals surface area (Å²) in [5.41, 5.74) is 2.43. The van der Waals surface area contributed by atoms with E-state index < -0.39 is 6.10 Å². The normalized spacial score (nSPS) is 11.8. The van der Waals surface area contributed by atoms with Crippen molar-refractivity contribution in [2.45, 2.75) is 32.8 Å². The van der Waals surface area contributed by atoms with Gasteiger partial charge in [-0.3, -0.25) is 4.79 Å². The lowest BCUT2D eigenvalue weighted by Crippen LogP contribution is -2.37. The fourth-order valence-electron chi connectivity index (χ4n) is 2.83. The maximum atomic E-state index is 13.6. The van der Waals surface area contributed by atoms with Gasteiger partial charge in [-0.1, -0.05) is 36.4 Å². The second-order valence-corrected chi connectivity index (χ2v) is 6.64. The van der Waals surface area contributed by atoms with Gasteiger partial charge in [-0.25, -0.2) is 9.07 Å². The number of nitrogens with zero attached hydrogens (tertiary/aromatic N) is 2. The maximum absolute atomic E-state index is 13.6. The first-order chi connectivity index (χ1) is 13.5. The van der Waals surface area contributed by atoms with Gasteiger partial charge in [0, 0.05) is 18.3 Å². The number of halogens is 1. The zero-order valence-electron chi connectivity index (χ0n) is 16.1. The van der Waals surface area contributed by atoms with Gasteiger partial charge in [-0.15, -0.1) is 5.10 Å². The highest BCUT2D eigenvalue weighted by atomic mass is 19.1. The molecule has 146 valence electrons. The van der Waals surface area contributed by atoms with E-state index in [1.807, 2.05) is 49.5 Å². The second-order valence-electron chi connectivity index (χ2n) is 6.64. The van der Waals surface area contributed by atoms with E-state index in [1.165, 1.54) is 6.07 Å². The molecule has 1 unspecified atom stereocenters. The molecule has 0 aliphatic carbocycles. The highest BCUT2D eigenvalue weighted by Gasteiger charge is 2.17. The Labute approximate surface area is 164 Å². The third-order valence-electron chi connectivity index (χ3n) is 4.41. The molecule has 1 atom stereocenters. The van der Waals surface area contributed by atoms with Crippen LogP contribution in [0.15, 0.2) is 60.8 Å². The van der Waals surface area contributed by atoms with Crippen molar-refractivity contribution in [3.05, 3.63) is 77.7 Å². The van der Waals surface area contributed by atoms with Gasteiger partial charge in [-0.2, -0.15) is 0 Å². The average Bonchev–Trinajstić information content (AvgIpc) is 3.07. The Bertz CT molecular complexity index is 925. The van der Waals surface area contributed by atoms with E-state index in [1.54, 1.807) is 23.7 Å². The van der Waals surface area contributed by atoms with Gasteiger partial charge in [-0.05, 0) is 50.5 Å². The third-order valence-corrected chi connectivity index (χ3v) is 4.41. The van der Waals surface area contributed by atoms with Crippen molar-refractivity contribution in [3.8, 4) is 11.6 Å². The fourth-order valence-corrected chi connectivity index (χ4v) is 2.83. The van der Waals surface area contributed by atoms with E-state index >= 15 is 0 Å². The number of carbonyl (C=O) groups is 1. The Hall–Kier alpha value is -3.15. The molecule has 6 heteroatoms. The summed E-state index contributed by atoms with van der Waals surface area (Å²) in [4.78, 5) is 12.3. The van der Waals surface area contributed by atoms with Gasteiger partial charge < -0.3 is 10.1 Å². The van der Waals surface area contributed by atoms with Crippen molar-refractivity contribution < 1.29 is 13.9 Å². The molecule has 3 rings (SSSR count). The summed E-state index contributed by atoms with van der Waals surface area (Å²) in [6.45, 7) is 4.03. The minimum Gasteiger partial charge on any atom is -0.463 e. The summed E-state index contributed by atoms with van der Waals surface area (Å²) in [6.07, 6.45) is 2.42. The molecular weight excluding hydrogens is 357 g/mol. The molecule has 0 spiro atoms. The van der Waals surface area contributed by atoms with Crippen molar-refractivity contribution >= 4 is 5.91 Å². The van der Waals surface area contributed by atoms with Crippen LogP contribution < -0.4 is 10.1 Å².